The smallest absolute Gasteiger partial charge is 0.157 e. The fourth-order valence-electron chi connectivity index (χ4n) is 1.65. The van der Waals surface area contributed by atoms with E-state index in [0.717, 1.165) is 5.69 Å². The number of hydrogen-bond acceptors (Lipinski definition) is 4. The zero-order valence-electron chi connectivity index (χ0n) is 10.9. The van der Waals surface area contributed by atoms with Gasteiger partial charge >= 0.3 is 0 Å². The third-order valence-corrected chi connectivity index (χ3v) is 2.73. The molecule has 2 aromatic rings. The van der Waals surface area contributed by atoms with Gasteiger partial charge < -0.3 is 11.1 Å². The van der Waals surface area contributed by atoms with E-state index in [2.05, 4.69) is 48.2 Å². The highest BCUT2D eigenvalue weighted by molar-refractivity contribution is 5.67. The Morgan fingerprint density at radius 2 is 2.00 bits per heavy atom. The molecular formula is C14H18N4. The molecule has 18 heavy (non-hydrogen) atoms. The molecule has 1 aromatic heterocycles. The molecule has 1 heterocycles. The van der Waals surface area contributed by atoms with E-state index >= 15 is 0 Å². The third-order valence-electron chi connectivity index (χ3n) is 2.73. The van der Waals surface area contributed by atoms with Crippen LogP contribution in [0.4, 0.5) is 17.2 Å². The predicted octanol–water partition coefficient (Wildman–Crippen LogP) is 3.10. The molecule has 0 spiro atoms. The molecule has 0 aliphatic carbocycles. The molecule has 0 amide bonds. The summed E-state index contributed by atoms with van der Waals surface area (Å²) in [4.78, 5) is 7.99. The van der Waals surface area contributed by atoms with Gasteiger partial charge in [0.25, 0.3) is 0 Å². The first-order valence-corrected chi connectivity index (χ1v) is 5.90. The summed E-state index contributed by atoms with van der Waals surface area (Å²) in [5.74, 6) is 0.635. The Balaban J connectivity index is 2.28. The molecule has 0 aliphatic rings. The lowest BCUT2D eigenvalue weighted by Gasteiger charge is -2.20. The van der Waals surface area contributed by atoms with Crippen molar-refractivity contribution >= 4 is 17.2 Å². The van der Waals surface area contributed by atoms with Crippen molar-refractivity contribution in [1.82, 2.24) is 9.97 Å². The molecule has 2 rings (SSSR count). The topological polar surface area (TPSA) is 63.8 Å². The van der Waals surface area contributed by atoms with E-state index in [1.807, 2.05) is 12.1 Å². The van der Waals surface area contributed by atoms with Crippen LogP contribution in [0.1, 0.15) is 26.3 Å². The highest BCUT2D eigenvalue weighted by Gasteiger charge is 2.13. The molecule has 0 radical (unpaired) electrons. The first-order valence-electron chi connectivity index (χ1n) is 5.90. The van der Waals surface area contributed by atoms with Crippen molar-refractivity contribution in [3.63, 3.8) is 0 Å². The fraction of sp³-hybridized carbons (Fsp3) is 0.286. The normalized spacial score (nSPS) is 11.3. The maximum atomic E-state index is 5.80. The molecule has 4 nitrogen and oxygen atoms in total. The summed E-state index contributed by atoms with van der Waals surface area (Å²) in [6, 6.07) is 8.26. The van der Waals surface area contributed by atoms with Crippen LogP contribution in [0.25, 0.3) is 0 Å². The van der Waals surface area contributed by atoms with Crippen LogP contribution in [-0.4, -0.2) is 9.97 Å². The quantitative estimate of drug-likeness (QED) is 0.849. The summed E-state index contributed by atoms with van der Waals surface area (Å²) in [5.41, 5.74) is 8.71. The van der Waals surface area contributed by atoms with E-state index < -0.39 is 0 Å². The van der Waals surface area contributed by atoms with Gasteiger partial charge in [-0.2, -0.15) is 0 Å². The average molecular weight is 242 g/mol. The van der Waals surface area contributed by atoms with Crippen molar-refractivity contribution in [2.24, 2.45) is 0 Å². The second kappa shape index (κ2) is 4.64. The van der Waals surface area contributed by atoms with E-state index in [1.54, 1.807) is 6.20 Å². The molecule has 3 N–H and O–H groups in total. The van der Waals surface area contributed by atoms with Gasteiger partial charge in [0.15, 0.2) is 5.82 Å². The van der Waals surface area contributed by atoms with Crippen LogP contribution in [0.3, 0.4) is 0 Å². The number of rotatable bonds is 2. The second-order valence-corrected chi connectivity index (χ2v) is 5.28. The van der Waals surface area contributed by atoms with Gasteiger partial charge in [-0.05, 0) is 23.1 Å². The van der Waals surface area contributed by atoms with Gasteiger partial charge in [-0.25, -0.2) is 9.97 Å². The zero-order chi connectivity index (χ0) is 13.2. The Hall–Kier alpha value is -2.10. The molecule has 0 unspecified atom stereocenters. The molecule has 0 fully saturated rings. The average Bonchev–Trinajstić information content (AvgIpc) is 2.31. The SMILES string of the molecule is CC(C)(C)c1cccc(Nc2ncncc2N)c1. The Bertz CT molecular complexity index is 543. The number of aromatic nitrogens is 2. The number of benzene rings is 1. The van der Waals surface area contributed by atoms with E-state index in [0.29, 0.717) is 11.5 Å². The van der Waals surface area contributed by atoms with Crippen LogP contribution >= 0.6 is 0 Å². The van der Waals surface area contributed by atoms with Gasteiger partial charge in [-0.15, -0.1) is 0 Å². The van der Waals surface area contributed by atoms with Gasteiger partial charge in [0.05, 0.1) is 11.9 Å². The van der Waals surface area contributed by atoms with Crippen molar-refractivity contribution in [3.05, 3.63) is 42.4 Å². The van der Waals surface area contributed by atoms with Crippen molar-refractivity contribution in [2.45, 2.75) is 26.2 Å². The lowest BCUT2D eigenvalue weighted by molar-refractivity contribution is 0.590. The van der Waals surface area contributed by atoms with Gasteiger partial charge in [0.2, 0.25) is 0 Å². The van der Waals surface area contributed by atoms with Crippen molar-refractivity contribution in [1.29, 1.82) is 0 Å². The van der Waals surface area contributed by atoms with Gasteiger partial charge in [0, 0.05) is 5.69 Å². The van der Waals surface area contributed by atoms with Gasteiger partial charge in [-0.3, -0.25) is 0 Å². The maximum Gasteiger partial charge on any atom is 0.157 e. The summed E-state index contributed by atoms with van der Waals surface area (Å²) >= 11 is 0. The van der Waals surface area contributed by atoms with E-state index in [4.69, 9.17) is 5.73 Å². The number of nitrogen functional groups attached to an aromatic ring is 1. The molecule has 0 saturated heterocycles. The number of anilines is 3. The van der Waals surface area contributed by atoms with Crippen LogP contribution < -0.4 is 11.1 Å². The lowest BCUT2D eigenvalue weighted by Crippen LogP contribution is -2.11. The minimum atomic E-state index is 0.120. The highest BCUT2D eigenvalue weighted by atomic mass is 15.0. The fourth-order valence-corrected chi connectivity index (χ4v) is 1.65. The van der Waals surface area contributed by atoms with Crippen LogP contribution in [0, 0.1) is 0 Å². The lowest BCUT2D eigenvalue weighted by atomic mass is 9.87. The molecular weight excluding hydrogens is 224 g/mol. The number of nitrogens with one attached hydrogen (secondary N) is 1. The highest BCUT2D eigenvalue weighted by Crippen LogP contribution is 2.26. The Kier molecular flexibility index (Phi) is 3.19. The second-order valence-electron chi connectivity index (χ2n) is 5.28. The molecule has 0 saturated carbocycles. The maximum absolute atomic E-state index is 5.80. The van der Waals surface area contributed by atoms with Crippen LogP contribution in [0.2, 0.25) is 0 Å². The molecule has 0 aliphatic heterocycles. The van der Waals surface area contributed by atoms with Crippen LogP contribution in [0.5, 0.6) is 0 Å². The Morgan fingerprint density at radius 1 is 1.22 bits per heavy atom. The summed E-state index contributed by atoms with van der Waals surface area (Å²) in [5, 5.41) is 3.21. The van der Waals surface area contributed by atoms with E-state index in [1.165, 1.54) is 11.9 Å². The minimum absolute atomic E-state index is 0.120. The molecule has 94 valence electrons. The Morgan fingerprint density at radius 3 is 2.67 bits per heavy atom. The monoisotopic (exact) mass is 242 g/mol. The summed E-state index contributed by atoms with van der Waals surface area (Å²) in [6.45, 7) is 6.56. The predicted molar refractivity (Wildman–Crippen MR) is 74.9 cm³/mol. The van der Waals surface area contributed by atoms with E-state index in [9.17, 15) is 0 Å². The molecule has 4 heteroatoms. The molecule has 0 atom stereocenters. The third kappa shape index (κ3) is 2.77. The van der Waals surface area contributed by atoms with Crippen molar-refractivity contribution in [2.75, 3.05) is 11.1 Å². The minimum Gasteiger partial charge on any atom is -0.394 e. The number of nitrogens with two attached hydrogens (primary N) is 1. The zero-order valence-corrected chi connectivity index (χ0v) is 10.9. The van der Waals surface area contributed by atoms with Gasteiger partial charge in [0.1, 0.15) is 6.33 Å². The largest absolute Gasteiger partial charge is 0.394 e. The standard InChI is InChI=1S/C14H18N4/c1-14(2,3)10-5-4-6-11(7-10)18-13-12(15)8-16-9-17-13/h4-9H,15H2,1-3H3,(H,16,17,18). The van der Waals surface area contributed by atoms with Gasteiger partial charge in [-0.1, -0.05) is 32.9 Å². The summed E-state index contributed by atoms with van der Waals surface area (Å²) < 4.78 is 0. The molecule has 1 aromatic carbocycles. The summed E-state index contributed by atoms with van der Waals surface area (Å²) in [6.07, 6.45) is 3.06. The van der Waals surface area contributed by atoms with Crippen molar-refractivity contribution in [3.8, 4) is 0 Å². The first kappa shape index (κ1) is 12.4. The van der Waals surface area contributed by atoms with Crippen LogP contribution in [-0.2, 0) is 5.41 Å². The van der Waals surface area contributed by atoms with E-state index in [-0.39, 0.29) is 5.41 Å². The van der Waals surface area contributed by atoms with Crippen molar-refractivity contribution < 1.29 is 0 Å². The first-order chi connectivity index (χ1) is 8.47. The van der Waals surface area contributed by atoms with Crippen LogP contribution in [0.15, 0.2) is 36.8 Å². The molecule has 0 bridgehead atoms. The Labute approximate surface area is 107 Å². The number of hydrogen-bond donors (Lipinski definition) is 2. The number of nitrogens with zero attached hydrogens (tertiary/aromatic N) is 2. The summed E-state index contributed by atoms with van der Waals surface area (Å²) in [7, 11) is 0.